The number of halogens is 1. The molecule has 0 unspecified atom stereocenters. The number of nitrogens with one attached hydrogen (secondary N) is 2. The summed E-state index contributed by atoms with van der Waals surface area (Å²) < 4.78 is 63.6. The maximum Gasteiger partial charge on any atom is 0.498 e. The Hall–Kier alpha value is -7.00. The van der Waals surface area contributed by atoms with Crippen LogP contribution in [0.3, 0.4) is 0 Å². The number of amides is 2. The van der Waals surface area contributed by atoms with Crippen molar-refractivity contribution in [2.24, 2.45) is 0 Å². The van der Waals surface area contributed by atoms with Gasteiger partial charge in [-0.2, -0.15) is 0 Å². The Labute approximate surface area is 412 Å². The number of ketones is 2. The Morgan fingerprint density at radius 1 is 0.600 bits per heavy atom. The lowest BCUT2D eigenvalue weighted by molar-refractivity contribution is -0.118. The molecular formula is C44H48BBrN12O10S2. The summed E-state index contributed by atoms with van der Waals surface area (Å²) in [4.78, 5) is 79.4. The zero-order valence-electron chi connectivity index (χ0n) is 39.1. The second-order valence-electron chi connectivity index (χ2n) is 16.4. The second-order valence-corrected chi connectivity index (χ2v) is 20.6. The molecule has 26 heteroatoms. The number of aromatic nitrogens is 8. The molecule has 366 valence electrons. The van der Waals surface area contributed by atoms with E-state index < -0.39 is 31.9 Å². The number of sulfonamides is 2. The number of Topliss-reactive ketones (excluding diaryl/α,β-unsaturated/α-hetero) is 2. The molecular weight excluding hydrogens is 1010 g/mol. The molecule has 0 bridgehead atoms. The lowest BCUT2D eigenvalue weighted by Gasteiger charge is -2.32. The van der Waals surface area contributed by atoms with E-state index in [9.17, 15) is 36.0 Å². The highest BCUT2D eigenvalue weighted by atomic mass is 79.9. The number of hydrogen-bond acceptors (Lipinski definition) is 20. The Bertz CT molecular complexity index is 3120. The summed E-state index contributed by atoms with van der Waals surface area (Å²) in [7, 11) is -8.21. The summed E-state index contributed by atoms with van der Waals surface area (Å²) in [5.74, 6) is -0.747. The molecule has 1 aliphatic rings. The number of nitrogen functional groups attached to an aromatic ring is 2. The van der Waals surface area contributed by atoms with Crippen LogP contribution in [0.15, 0.2) is 100 Å². The van der Waals surface area contributed by atoms with Crippen molar-refractivity contribution < 1.29 is 45.3 Å². The minimum atomic E-state index is -3.94. The average Bonchev–Trinajstić information content (AvgIpc) is 3.50. The van der Waals surface area contributed by atoms with E-state index in [-0.39, 0.29) is 75.5 Å². The van der Waals surface area contributed by atoms with Crippen LogP contribution >= 0.6 is 15.9 Å². The van der Waals surface area contributed by atoms with Gasteiger partial charge >= 0.3 is 7.12 Å². The first-order valence-corrected chi connectivity index (χ1v) is 24.6. The summed E-state index contributed by atoms with van der Waals surface area (Å²) >= 11 is 3.12. The molecule has 0 saturated carbocycles. The van der Waals surface area contributed by atoms with Crippen molar-refractivity contribution in [3.8, 4) is 11.3 Å². The SMILES string of the molecule is CC(=O)NS(=O)(=O)c1ccc(CC(=O)c2nc(-c3cnc(C)nc3)cnc2N)cc1.CC(=O)NS(=O)(=O)c1ccc(CC(=O)c2nc(Br)cnc2N)cc1.Cc1ncc(B2OC(C)(C)C(C)(C)O2)cn1. The number of aryl methyl sites for hydroxylation is 2. The van der Waals surface area contributed by atoms with Crippen molar-refractivity contribution in [3.05, 3.63) is 124 Å². The van der Waals surface area contributed by atoms with Gasteiger partial charge in [0.05, 0.1) is 39.1 Å². The number of benzene rings is 2. The van der Waals surface area contributed by atoms with E-state index in [1.807, 2.05) is 44.1 Å². The van der Waals surface area contributed by atoms with E-state index in [2.05, 4.69) is 55.8 Å². The molecule has 5 heterocycles. The summed E-state index contributed by atoms with van der Waals surface area (Å²) in [6, 6.07) is 11.2. The van der Waals surface area contributed by atoms with Crippen LogP contribution in [0.5, 0.6) is 0 Å². The number of hydrogen-bond donors (Lipinski definition) is 4. The molecule has 0 radical (unpaired) electrons. The van der Waals surface area contributed by atoms with Crippen LogP contribution in [-0.2, 0) is 51.8 Å². The first-order valence-electron chi connectivity index (χ1n) is 20.8. The smallest absolute Gasteiger partial charge is 0.399 e. The molecule has 2 aromatic carbocycles. The molecule has 70 heavy (non-hydrogen) atoms. The predicted octanol–water partition coefficient (Wildman–Crippen LogP) is 3.23. The third kappa shape index (κ3) is 14.3. The van der Waals surface area contributed by atoms with Crippen LogP contribution in [-0.4, -0.2) is 98.4 Å². The van der Waals surface area contributed by atoms with E-state index in [4.69, 9.17) is 20.8 Å². The highest BCUT2D eigenvalue weighted by molar-refractivity contribution is 9.10. The third-order valence-electron chi connectivity index (χ3n) is 10.3. The van der Waals surface area contributed by atoms with Crippen molar-refractivity contribution in [1.82, 2.24) is 49.3 Å². The van der Waals surface area contributed by atoms with Crippen LogP contribution in [0.2, 0.25) is 0 Å². The van der Waals surface area contributed by atoms with Gasteiger partial charge < -0.3 is 20.8 Å². The first-order chi connectivity index (χ1) is 32.7. The summed E-state index contributed by atoms with van der Waals surface area (Å²) in [6.45, 7) is 13.9. The molecule has 6 N–H and O–H groups in total. The van der Waals surface area contributed by atoms with Crippen LogP contribution < -0.4 is 26.4 Å². The van der Waals surface area contributed by atoms with Crippen LogP contribution in [0, 0.1) is 13.8 Å². The number of carbonyl (C=O) groups is 4. The third-order valence-corrected chi connectivity index (χ3v) is 13.5. The van der Waals surface area contributed by atoms with Gasteiger partial charge in [-0.3, -0.25) is 19.2 Å². The average molecular weight is 1060 g/mol. The van der Waals surface area contributed by atoms with Crippen molar-refractivity contribution in [2.45, 2.75) is 89.2 Å². The van der Waals surface area contributed by atoms with Crippen LogP contribution in [0.25, 0.3) is 11.3 Å². The van der Waals surface area contributed by atoms with E-state index in [0.717, 1.165) is 25.1 Å². The minimum absolute atomic E-state index is 0.00280. The fraction of sp³-hybridized carbons (Fsp3) is 0.273. The maximum absolute atomic E-state index is 12.7. The highest BCUT2D eigenvalue weighted by Gasteiger charge is 2.52. The molecule has 1 aliphatic heterocycles. The lowest BCUT2D eigenvalue weighted by atomic mass is 9.81. The van der Waals surface area contributed by atoms with Gasteiger partial charge in [0.2, 0.25) is 11.8 Å². The largest absolute Gasteiger partial charge is 0.498 e. The number of anilines is 2. The second kappa shape index (κ2) is 22.2. The molecule has 7 rings (SSSR count). The van der Waals surface area contributed by atoms with Gasteiger partial charge in [-0.15, -0.1) is 0 Å². The molecule has 2 amide bonds. The highest BCUT2D eigenvalue weighted by Crippen LogP contribution is 2.36. The van der Waals surface area contributed by atoms with Gasteiger partial charge in [-0.1, -0.05) is 24.3 Å². The minimum Gasteiger partial charge on any atom is -0.399 e. The Kier molecular flexibility index (Phi) is 17.1. The fourth-order valence-corrected chi connectivity index (χ4v) is 8.22. The quantitative estimate of drug-likeness (QED) is 0.101. The fourth-order valence-electron chi connectivity index (χ4n) is 5.96. The topological polar surface area (TPSA) is 334 Å². The number of carbonyl (C=O) groups excluding carboxylic acids is 4. The van der Waals surface area contributed by atoms with Crippen molar-refractivity contribution in [1.29, 1.82) is 0 Å². The zero-order chi connectivity index (χ0) is 51.8. The molecule has 0 atom stereocenters. The van der Waals surface area contributed by atoms with Crippen molar-refractivity contribution in [3.63, 3.8) is 0 Å². The monoisotopic (exact) mass is 1060 g/mol. The normalized spacial score (nSPS) is 13.7. The maximum atomic E-state index is 12.7. The van der Waals surface area contributed by atoms with E-state index in [1.54, 1.807) is 31.7 Å². The summed E-state index contributed by atoms with van der Waals surface area (Å²) in [5.41, 5.74) is 13.9. The Morgan fingerprint density at radius 3 is 1.40 bits per heavy atom. The molecule has 6 aromatic rings. The molecule has 4 aromatic heterocycles. The Morgan fingerprint density at radius 2 is 0.986 bits per heavy atom. The van der Waals surface area contributed by atoms with Crippen molar-refractivity contribution >= 4 is 83.6 Å². The van der Waals surface area contributed by atoms with Crippen LogP contribution in [0.4, 0.5) is 11.6 Å². The molecule has 22 nitrogen and oxygen atoms in total. The van der Waals surface area contributed by atoms with E-state index in [1.165, 1.54) is 60.9 Å². The van der Waals surface area contributed by atoms with Gasteiger partial charge in [-0.25, -0.2) is 66.2 Å². The van der Waals surface area contributed by atoms with Gasteiger partial charge in [0.1, 0.15) is 27.6 Å². The van der Waals surface area contributed by atoms with Gasteiger partial charge in [0, 0.05) is 62.5 Å². The number of rotatable bonds is 12. The van der Waals surface area contributed by atoms with Gasteiger partial charge in [0.15, 0.2) is 23.2 Å². The van der Waals surface area contributed by atoms with Gasteiger partial charge in [-0.05, 0) is 92.9 Å². The molecule has 1 fully saturated rings. The molecule has 0 spiro atoms. The van der Waals surface area contributed by atoms with Crippen molar-refractivity contribution in [2.75, 3.05) is 11.5 Å². The van der Waals surface area contributed by atoms with Gasteiger partial charge in [0.25, 0.3) is 20.0 Å². The van der Waals surface area contributed by atoms with E-state index >= 15 is 0 Å². The molecule has 0 aliphatic carbocycles. The van der Waals surface area contributed by atoms with E-state index in [0.29, 0.717) is 32.8 Å². The summed E-state index contributed by atoms with van der Waals surface area (Å²) in [6.07, 6.45) is 9.39. The lowest BCUT2D eigenvalue weighted by Crippen LogP contribution is -2.41. The standard InChI is InChI=1S/C19H18N6O4S.C14H13BrN4O4S.C11H17BN2O2/c1-11-21-8-14(9-22-11)16-10-23-19(20)18(24-16)17(27)7-13-3-5-15(6-4-13)30(28,29)25-12(2)26;1-8(20)19-24(22,23)10-4-2-9(3-5-10)6-11(21)13-14(16)17-7-12(15)18-13;1-8-13-6-9(7-14-8)12-15-10(2,3)11(4,5)16-12/h3-6,8-10H,7H2,1-2H3,(H2,20,23)(H,25,26);2-5,7H,6H2,1H3,(H2,16,17)(H,19,20);6-7H,1-5H3. The Balaban J connectivity index is 0.000000205. The van der Waals surface area contributed by atoms with Crippen LogP contribution in [0.1, 0.15) is 85.3 Å². The summed E-state index contributed by atoms with van der Waals surface area (Å²) in [5, 5.41) is 0. The number of nitrogens with two attached hydrogens (primary N) is 2. The number of nitrogens with zero attached hydrogens (tertiary/aromatic N) is 8. The molecule has 1 saturated heterocycles. The predicted molar refractivity (Wildman–Crippen MR) is 260 cm³/mol. The zero-order valence-corrected chi connectivity index (χ0v) is 42.3. The first kappa shape index (κ1) is 54.0.